The van der Waals surface area contributed by atoms with Gasteiger partial charge >= 0.3 is 5.97 Å². The molecule has 0 spiro atoms. The van der Waals surface area contributed by atoms with Crippen molar-refractivity contribution in [3.8, 4) is 0 Å². The van der Waals surface area contributed by atoms with Gasteiger partial charge in [0.15, 0.2) is 0 Å². The summed E-state index contributed by atoms with van der Waals surface area (Å²) in [5, 5.41) is 17.4. The van der Waals surface area contributed by atoms with E-state index in [4.69, 9.17) is 14.9 Å². The van der Waals surface area contributed by atoms with Gasteiger partial charge in [-0.3, -0.25) is 0 Å². The molecule has 0 radical (unpaired) electrons. The van der Waals surface area contributed by atoms with Crippen LogP contribution in [0.5, 0.6) is 0 Å². The first kappa shape index (κ1) is 14.1. The first-order valence-electron chi connectivity index (χ1n) is 5.34. The highest BCUT2D eigenvalue weighted by Crippen LogP contribution is 1.99. The number of hydrogen-bond donors (Lipinski definition) is 2. The molecule has 0 aliphatic heterocycles. The van der Waals surface area contributed by atoms with Gasteiger partial charge in [0.1, 0.15) is 0 Å². The average molecular weight is 216 g/mol. The number of carbonyl (C=O) groups is 1. The lowest BCUT2D eigenvalue weighted by molar-refractivity contribution is -0.137. The molecule has 0 heterocycles. The number of ether oxygens (including phenoxy) is 1. The minimum absolute atomic E-state index is 0.389. The molecule has 0 aromatic carbocycles. The maximum Gasteiger partial charge on any atom is 0.330 e. The molecule has 15 heavy (non-hydrogen) atoms. The molecular formula is C11H20O4. The maximum atomic E-state index is 11.0. The van der Waals surface area contributed by atoms with Gasteiger partial charge in [0.25, 0.3) is 0 Å². The second-order valence-corrected chi connectivity index (χ2v) is 3.34. The Morgan fingerprint density at radius 2 is 2.13 bits per heavy atom. The zero-order valence-corrected chi connectivity index (χ0v) is 9.19. The fourth-order valence-corrected chi connectivity index (χ4v) is 1.00. The summed E-state index contributed by atoms with van der Waals surface area (Å²) in [6.07, 6.45) is 5.60. The van der Waals surface area contributed by atoms with Crippen molar-refractivity contribution in [3.05, 3.63) is 12.2 Å². The highest BCUT2D eigenvalue weighted by Gasteiger charge is 1.99. The summed E-state index contributed by atoms with van der Waals surface area (Å²) in [6, 6.07) is 0. The lowest BCUT2D eigenvalue weighted by Crippen LogP contribution is -2.09. The summed E-state index contributed by atoms with van der Waals surface area (Å²) >= 11 is 0. The third-order valence-corrected chi connectivity index (χ3v) is 1.88. The third-order valence-electron chi connectivity index (χ3n) is 1.88. The molecule has 88 valence electrons. The van der Waals surface area contributed by atoms with Crippen LogP contribution in [0, 0.1) is 0 Å². The van der Waals surface area contributed by atoms with Gasteiger partial charge in [-0.1, -0.05) is 26.2 Å². The van der Waals surface area contributed by atoms with E-state index in [2.05, 4.69) is 6.92 Å². The number of esters is 1. The van der Waals surface area contributed by atoms with Crippen LogP contribution in [0.1, 0.15) is 32.6 Å². The largest absolute Gasteiger partial charge is 0.463 e. The molecular weight excluding hydrogens is 196 g/mol. The molecule has 0 aromatic rings. The predicted octanol–water partition coefficient (Wildman–Crippen LogP) is 1.02. The first-order valence-corrected chi connectivity index (χ1v) is 5.34. The molecule has 1 atom stereocenters. The number of hydrogen-bond acceptors (Lipinski definition) is 4. The van der Waals surface area contributed by atoms with Crippen LogP contribution < -0.4 is 0 Å². The molecule has 0 rings (SSSR count). The van der Waals surface area contributed by atoms with Gasteiger partial charge in [0.05, 0.1) is 19.3 Å². The van der Waals surface area contributed by atoms with Gasteiger partial charge in [0, 0.05) is 6.08 Å². The van der Waals surface area contributed by atoms with E-state index in [-0.39, 0.29) is 6.61 Å². The number of carbonyl (C=O) groups excluding carboxylic acids is 1. The van der Waals surface area contributed by atoms with E-state index in [1.807, 2.05) is 0 Å². The Bertz CT molecular complexity index is 189. The maximum absolute atomic E-state index is 11.0. The molecule has 0 amide bonds. The van der Waals surface area contributed by atoms with Crippen LogP contribution in [0.3, 0.4) is 0 Å². The Kier molecular flexibility index (Phi) is 9.11. The molecule has 4 heteroatoms. The molecule has 4 nitrogen and oxygen atoms in total. The van der Waals surface area contributed by atoms with Crippen molar-refractivity contribution < 1.29 is 19.7 Å². The standard InChI is InChI=1S/C11H20O4/c1-2-3-4-5-8-15-11(14)7-6-10(13)9-12/h6-7,10,12-13H,2-5,8-9H2,1H3/b7-6+/t10-/m0/s1. The van der Waals surface area contributed by atoms with Gasteiger partial charge in [0.2, 0.25) is 0 Å². The van der Waals surface area contributed by atoms with Gasteiger partial charge in [-0.15, -0.1) is 0 Å². The summed E-state index contributed by atoms with van der Waals surface area (Å²) in [5.41, 5.74) is 0. The third kappa shape index (κ3) is 9.43. The fourth-order valence-electron chi connectivity index (χ4n) is 1.00. The molecule has 0 saturated heterocycles. The quantitative estimate of drug-likeness (QED) is 0.361. The fraction of sp³-hybridized carbons (Fsp3) is 0.727. The van der Waals surface area contributed by atoms with Crippen LogP contribution in [0.15, 0.2) is 12.2 Å². The Morgan fingerprint density at radius 1 is 1.40 bits per heavy atom. The SMILES string of the molecule is CCCCCCOC(=O)/C=C/[C@H](O)CO. The highest BCUT2D eigenvalue weighted by atomic mass is 16.5. The van der Waals surface area contributed by atoms with Crippen molar-refractivity contribution in [2.24, 2.45) is 0 Å². The zero-order valence-electron chi connectivity index (χ0n) is 9.19. The average Bonchev–Trinajstić information content (AvgIpc) is 2.25. The van der Waals surface area contributed by atoms with E-state index >= 15 is 0 Å². The molecule has 0 aliphatic carbocycles. The second kappa shape index (κ2) is 9.68. The molecule has 0 bridgehead atoms. The Balaban J connectivity index is 3.45. The van der Waals surface area contributed by atoms with E-state index in [0.29, 0.717) is 6.61 Å². The Labute approximate surface area is 90.6 Å². The van der Waals surface area contributed by atoms with Crippen LogP contribution in [-0.4, -0.2) is 35.5 Å². The van der Waals surface area contributed by atoms with Crippen LogP contribution in [0.25, 0.3) is 0 Å². The summed E-state index contributed by atoms with van der Waals surface area (Å²) in [4.78, 5) is 11.0. The van der Waals surface area contributed by atoms with Crippen molar-refractivity contribution in [2.45, 2.75) is 38.7 Å². The van der Waals surface area contributed by atoms with Gasteiger partial charge in [-0.25, -0.2) is 4.79 Å². The van der Waals surface area contributed by atoms with E-state index in [1.54, 1.807) is 0 Å². The normalized spacial score (nSPS) is 13.0. The second-order valence-electron chi connectivity index (χ2n) is 3.34. The zero-order chi connectivity index (χ0) is 11.5. The Hall–Kier alpha value is -0.870. The molecule has 0 aromatic heterocycles. The van der Waals surface area contributed by atoms with Crippen LogP contribution >= 0.6 is 0 Å². The van der Waals surface area contributed by atoms with Gasteiger partial charge in [-0.05, 0) is 12.5 Å². The number of aliphatic hydroxyl groups is 2. The van der Waals surface area contributed by atoms with E-state index < -0.39 is 12.1 Å². The lowest BCUT2D eigenvalue weighted by Gasteiger charge is -2.02. The smallest absolute Gasteiger partial charge is 0.330 e. The first-order chi connectivity index (χ1) is 7.20. The van der Waals surface area contributed by atoms with Crippen molar-refractivity contribution in [2.75, 3.05) is 13.2 Å². The van der Waals surface area contributed by atoms with Crippen LogP contribution in [-0.2, 0) is 9.53 Å². The number of unbranched alkanes of at least 4 members (excludes halogenated alkanes) is 3. The van der Waals surface area contributed by atoms with E-state index in [1.165, 1.54) is 6.08 Å². The van der Waals surface area contributed by atoms with Crippen molar-refractivity contribution in [1.82, 2.24) is 0 Å². The Morgan fingerprint density at radius 3 is 2.73 bits per heavy atom. The molecule has 2 N–H and O–H groups in total. The summed E-state index contributed by atoms with van der Waals surface area (Å²) in [6.45, 7) is 2.14. The summed E-state index contributed by atoms with van der Waals surface area (Å²) in [7, 11) is 0. The minimum Gasteiger partial charge on any atom is -0.463 e. The summed E-state index contributed by atoms with van der Waals surface area (Å²) < 4.78 is 4.87. The van der Waals surface area contributed by atoms with Gasteiger partial charge < -0.3 is 14.9 Å². The van der Waals surface area contributed by atoms with E-state index in [9.17, 15) is 4.79 Å². The van der Waals surface area contributed by atoms with E-state index in [0.717, 1.165) is 31.8 Å². The van der Waals surface area contributed by atoms with Crippen LogP contribution in [0.2, 0.25) is 0 Å². The van der Waals surface area contributed by atoms with Crippen molar-refractivity contribution in [1.29, 1.82) is 0 Å². The topological polar surface area (TPSA) is 66.8 Å². The van der Waals surface area contributed by atoms with Crippen molar-refractivity contribution >= 4 is 5.97 Å². The number of rotatable bonds is 8. The molecule has 0 saturated carbocycles. The molecule has 0 unspecified atom stereocenters. The minimum atomic E-state index is -0.988. The summed E-state index contributed by atoms with van der Waals surface area (Å²) in [5.74, 6) is -0.473. The monoisotopic (exact) mass is 216 g/mol. The predicted molar refractivity (Wildman–Crippen MR) is 57.3 cm³/mol. The number of aliphatic hydroxyl groups excluding tert-OH is 2. The lowest BCUT2D eigenvalue weighted by atomic mass is 10.2. The van der Waals surface area contributed by atoms with Crippen LogP contribution in [0.4, 0.5) is 0 Å². The molecule has 0 aliphatic rings. The highest BCUT2D eigenvalue weighted by molar-refractivity contribution is 5.81. The van der Waals surface area contributed by atoms with Gasteiger partial charge in [-0.2, -0.15) is 0 Å². The van der Waals surface area contributed by atoms with Crippen molar-refractivity contribution in [3.63, 3.8) is 0 Å². The molecule has 0 fully saturated rings.